The number of nitro benzene ring substituents is 1. The van der Waals surface area contributed by atoms with E-state index in [0.717, 1.165) is 11.6 Å². The van der Waals surface area contributed by atoms with Gasteiger partial charge in [-0.05, 0) is 67.9 Å². The van der Waals surface area contributed by atoms with Crippen LogP contribution in [0.3, 0.4) is 0 Å². The molecule has 12 heteroatoms. The molecule has 3 aromatic rings. The Kier molecular flexibility index (Phi) is 10.5. The number of rotatable bonds is 13. The Morgan fingerprint density at radius 2 is 1.62 bits per heavy atom. The van der Waals surface area contributed by atoms with Gasteiger partial charge in [-0.15, -0.1) is 0 Å². The molecule has 0 heterocycles. The van der Waals surface area contributed by atoms with Crippen LogP contribution in [0.4, 0.5) is 17.1 Å². The molecule has 40 heavy (non-hydrogen) atoms. The topological polar surface area (TPSA) is 158 Å². The summed E-state index contributed by atoms with van der Waals surface area (Å²) in [6.07, 6.45) is 0.619. The minimum Gasteiger partial charge on any atom is -0.493 e. The van der Waals surface area contributed by atoms with E-state index in [4.69, 9.17) is 14.2 Å². The minimum absolute atomic E-state index is 0.0549. The van der Waals surface area contributed by atoms with Crippen LogP contribution in [-0.4, -0.2) is 56.6 Å². The molecule has 3 rings (SSSR count). The standard InChI is InChI=1S/C28H30N4O8/c1-4-40-28(35)19-6-8-20(9-7-19)30-27(34)22-16-21(32(36)37)10-11-23(22)31-26(33)17-29-14-13-18-5-12-24(38-2)25(15-18)39-3/h5-12,15-16,29H,4,13-14,17H2,1-3H3,(H,30,34)(H,31,33). The number of non-ortho nitro benzene ring substituents is 1. The van der Waals surface area contributed by atoms with Crippen LogP contribution in [0.5, 0.6) is 11.5 Å². The van der Waals surface area contributed by atoms with Crippen molar-refractivity contribution >= 4 is 34.8 Å². The van der Waals surface area contributed by atoms with E-state index in [1.807, 2.05) is 12.1 Å². The quantitative estimate of drug-likeness (QED) is 0.125. The van der Waals surface area contributed by atoms with Crippen LogP contribution < -0.4 is 25.4 Å². The molecule has 2 amide bonds. The minimum atomic E-state index is -0.677. The van der Waals surface area contributed by atoms with Crippen LogP contribution in [-0.2, 0) is 16.0 Å². The molecule has 0 saturated heterocycles. The number of hydrogen-bond acceptors (Lipinski definition) is 9. The smallest absolute Gasteiger partial charge is 0.338 e. The molecule has 0 aliphatic heterocycles. The molecular formula is C28H30N4O8. The van der Waals surface area contributed by atoms with Crippen LogP contribution in [0.15, 0.2) is 60.7 Å². The van der Waals surface area contributed by atoms with Crippen molar-refractivity contribution < 1.29 is 33.5 Å². The molecule has 12 nitrogen and oxygen atoms in total. The van der Waals surface area contributed by atoms with Crippen molar-refractivity contribution in [3.63, 3.8) is 0 Å². The van der Waals surface area contributed by atoms with E-state index >= 15 is 0 Å². The second-order valence-corrected chi connectivity index (χ2v) is 8.40. The lowest BCUT2D eigenvalue weighted by molar-refractivity contribution is -0.384. The summed E-state index contributed by atoms with van der Waals surface area (Å²) in [4.78, 5) is 48.1. The van der Waals surface area contributed by atoms with Gasteiger partial charge in [-0.25, -0.2) is 4.79 Å². The summed E-state index contributed by atoms with van der Waals surface area (Å²) in [5, 5.41) is 19.6. The monoisotopic (exact) mass is 550 g/mol. The van der Waals surface area contributed by atoms with Crippen molar-refractivity contribution in [2.75, 3.05) is 44.5 Å². The van der Waals surface area contributed by atoms with Gasteiger partial charge in [0.25, 0.3) is 11.6 Å². The van der Waals surface area contributed by atoms with Crippen molar-refractivity contribution in [3.8, 4) is 11.5 Å². The zero-order chi connectivity index (χ0) is 29.1. The fourth-order valence-corrected chi connectivity index (χ4v) is 3.71. The van der Waals surface area contributed by atoms with Gasteiger partial charge in [-0.2, -0.15) is 0 Å². The lowest BCUT2D eigenvalue weighted by Crippen LogP contribution is -2.30. The third-order valence-electron chi connectivity index (χ3n) is 5.71. The SMILES string of the molecule is CCOC(=O)c1ccc(NC(=O)c2cc([N+](=O)[O-])ccc2NC(=O)CNCCc2ccc(OC)c(OC)c2)cc1. The largest absolute Gasteiger partial charge is 0.493 e. The summed E-state index contributed by atoms with van der Waals surface area (Å²) >= 11 is 0. The molecule has 210 valence electrons. The van der Waals surface area contributed by atoms with E-state index in [-0.39, 0.29) is 30.1 Å². The van der Waals surface area contributed by atoms with Crippen LogP contribution in [0.1, 0.15) is 33.2 Å². The highest BCUT2D eigenvalue weighted by molar-refractivity contribution is 6.10. The molecule has 0 bridgehead atoms. The van der Waals surface area contributed by atoms with Crippen LogP contribution in [0.25, 0.3) is 0 Å². The van der Waals surface area contributed by atoms with E-state index in [2.05, 4.69) is 16.0 Å². The maximum atomic E-state index is 13.0. The van der Waals surface area contributed by atoms with Crippen molar-refractivity contribution in [3.05, 3.63) is 87.5 Å². The molecule has 0 saturated carbocycles. The number of nitrogens with zero attached hydrogens (tertiary/aromatic N) is 1. The second kappa shape index (κ2) is 14.3. The van der Waals surface area contributed by atoms with Crippen LogP contribution in [0, 0.1) is 10.1 Å². The third-order valence-corrected chi connectivity index (χ3v) is 5.71. The second-order valence-electron chi connectivity index (χ2n) is 8.40. The Morgan fingerprint density at radius 3 is 2.27 bits per heavy atom. The zero-order valence-corrected chi connectivity index (χ0v) is 22.3. The average Bonchev–Trinajstić information content (AvgIpc) is 2.95. The fourth-order valence-electron chi connectivity index (χ4n) is 3.71. The lowest BCUT2D eigenvalue weighted by Gasteiger charge is -2.13. The molecule has 0 spiro atoms. The maximum Gasteiger partial charge on any atom is 0.338 e. The first-order valence-electron chi connectivity index (χ1n) is 12.3. The van der Waals surface area contributed by atoms with E-state index in [0.29, 0.717) is 35.7 Å². The molecule has 3 aromatic carbocycles. The van der Waals surface area contributed by atoms with Crippen molar-refractivity contribution in [2.24, 2.45) is 0 Å². The number of amides is 2. The lowest BCUT2D eigenvalue weighted by atomic mass is 10.1. The zero-order valence-electron chi connectivity index (χ0n) is 22.3. The molecule has 0 aliphatic carbocycles. The predicted molar refractivity (Wildman–Crippen MR) is 148 cm³/mol. The number of nitrogens with one attached hydrogen (secondary N) is 3. The first-order chi connectivity index (χ1) is 19.2. The number of anilines is 2. The van der Waals surface area contributed by atoms with E-state index < -0.39 is 22.7 Å². The van der Waals surface area contributed by atoms with Gasteiger partial charge in [-0.1, -0.05) is 6.07 Å². The van der Waals surface area contributed by atoms with Crippen molar-refractivity contribution in [1.29, 1.82) is 0 Å². The molecule has 0 aliphatic rings. The number of carbonyl (C=O) groups excluding carboxylic acids is 3. The summed E-state index contributed by atoms with van der Waals surface area (Å²) < 4.78 is 15.5. The number of carbonyl (C=O) groups is 3. The Morgan fingerprint density at radius 1 is 0.900 bits per heavy atom. The first-order valence-corrected chi connectivity index (χ1v) is 12.3. The van der Waals surface area contributed by atoms with Crippen LogP contribution >= 0.6 is 0 Å². The highest BCUT2D eigenvalue weighted by atomic mass is 16.6. The Bertz CT molecular complexity index is 1380. The molecule has 0 atom stereocenters. The van der Waals surface area contributed by atoms with Gasteiger partial charge in [0, 0.05) is 17.8 Å². The molecule has 0 aromatic heterocycles. The summed E-state index contributed by atoms with van der Waals surface area (Å²) in [6.45, 7) is 2.35. The van der Waals surface area contributed by atoms with Gasteiger partial charge in [0.2, 0.25) is 5.91 Å². The summed E-state index contributed by atoms with van der Waals surface area (Å²) in [5.74, 6) is -0.383. The van der Waals surface area contributed by atoms with Crippen molar-refractivity contribution in [2.45, 2.75) is 13.3 Å². The third kappa shape index (κ3) is 8.01. The van der Waals surface area contributed by atoms with E-state index in [1.165, 1.54) is 36.4 Å². The normalized spacial score (nSPS) is 10.4. The highest BCUT2D eigenvalue weighted by Crippen LogP contribution is 2.27. The van der Waals surface area contributed by atoms with E-state index in [1.54, 1.807) is 27.2 Å². The number of benzene rings is 3. The number of nitro groups is 1. The summed E-state index contributed by atoms with van der Waals surface area (Å²) in [6, 6.07) is 15.1. The molecular weight excluding hydrogens is 520 g/mol. The maximum absolute atomic E-state index is 13.0. The fraction of sp³-hybridized carbons (Fsp3) is 0.250. The van der Waals surface area contributed by atoms with Gasteiger partial charge in [0.15, 0.2) is 11.5 Å². The van der Waals surface area contributed by atoms with E-state index in [9.17, 15) is 24.5 Å². The van der Waals surface area contributed by atoms with Gasteiger partial charge >= 0.3 is 5.97 Å². The van der Waals surface area contributed by atoms with Crippen LogP contribution in [0.2, 0.25) is 0 Å². The number of esters is 1. The first kappa shape index (κ1) is 29.6. The molecule has 0 unspecified atom stereocenters. The number of methoxy groups -OCH3 is 2. The van der Waals surface area contributed by atoms with Gasteiger partial charge in [-0.3, -0.25) is 19.7 Å². The average molecular weight is 551 g/mol. The summed E-state index contributed by atoms with van der Waals surface area (Å²) in [5.41, 5.74) is 1.34. The van der Waals surface area contributed by atoms with Gasteiger partial charge < -0.3 is 30.2 Å². The Labute approximate surface area is 230 Å². The van der Waals surface area contributed by atoms with Gasteiger partial charge in [0.05, 0.1) is 49.1 Å². The Hall–Kier alpha value is -4.97. The molecule has 0 radical (unpaired) electrons. The predicted octanol–water partition coefficient (Wildman–Crippen LogP) is 3.81. The Balaban J connectivity index is 1.63. The highest BCUT2D eigenvalue weighted by Gasteiger charge is 2.19. The molecule has 0 fully saturated rings. The number of hydrogen-bond donors (Lipinski definition) is 3. The van der Waals surface area contributed by atoms with Gasteiger partial charge in [0.1, 0.15) is 0 Å². The summed E-state index contributed by atoms with van der Waals surface area (Å²) in [7, 11) is 3.11. The number of ether oxygens (including phenoxy) is 3. The van der Waals surface area contributed by atoms with Crippen molar-refractivity contribution in [1.82, 2.24) is 5.32 Å². The molecule has 3 N–H and O–H groups in total.